The predicted octanol–water partition coefficient (Wildman–Crippen LogP) is 15.2. The fourth-order valence-electron chi connectivity index (χ4n) is 7.42. The molecule has 0 amide bonds. The average molecular weight is 665 g/mol. The van der Waals surface area contributed by atoms with Gasteiger partial charge in [0.2, 0.25) is 0 Å². The molecule has 0 fully saturated rings. The first-order valence-corrected chi connectivity index (χ1v) is 19.5. The Kier molecular flexibility index (Phi) is 14.1. The summed E-state index contributed by atoms with van der Waals surface area (Å²) >= 11 is 0. The van der Waals surface area contributed by atoms with Crippen LogP contribution in [0.2, 0.25) is 0 Å². The van der Waals surface area contributed by atoms with Crippen molar-refractivity contribution in [1.82, 2.24) is 9.13 Å². The molecule has 2 nitrogen and oxygen atoms in total. The van der Waals surface area contributed by atoms with Gasteiger partial charge in [-0.25, -0.2) is 0 Å². The van der Waals surface area contributed by atoms with Crippen LogP contribution in [0.3, 0.4) is 0 Å². The minimum absolute atomic E-state index is 0.524. The molecule has 0 saturated carbocycles. The maximum atomic E-state index is 2.61. The Balaban J connectivity index is 0.000000658. The van der Waals surface area contributed by atoms with E-state index in [0.29, 0.717) is 11.8 Å². The molecule has 0 bridgehead atoms. The first kappa shape index (κ1) is 38.2. The van der Waals surface area contributed by atoms with E-state index in [1.807, 2.05) is 55.4 Å². The Hall–Kier alpha value is -4.56. The minimum atomic E-state index is 0.524. The van der Waals surface area contributed by atoms with Crippen molar-refractivity contribution in [2.24, 2.45) is 0 Å². The molecule has 0 saturated heterocycles. The number of fused-ring (bicyclic) bond motifs is 6. The summed E-state index contributed by atoms with van der Waals surface area (Å²) in [5.74, 6) is 1.05. The van der Waals surface area contributed by atoms with Crippen LogP contribution in [0.4, 0.5) is 0 Å². The third-order valence-electron chi connectivity index (χ3n) is 9.52. The zero-order valence-electron chi connectivity index (χ0n) is 32.4. The Morgan fingerprint density at radius 2 is 0.800 bits per heavy atom. The molecule has 262 valence electrons. The van der Waals surface area contributed by atoms with E-state index in [9.17, 15) is 0 Å². The first-order valence-electron chi connectivity index (χ1n) is 19.5. The lowest BCUT2D eigenvalue weighted by molar-refractivity contribution is 0.621. The average Bonchev–Trinajstić information content (AvgIpc) is 3.54. The molecule has 2 atom stereocenters. The normalized spacial score (nSPS) is 15.7. The largest absolute Gasteiger partial charge is 0.316 e. The van der Waals surface area contributed by atoms with Gasteiger partial charge in [0.05, 0.1) is 11.0 Å². The molecule has 0 spiro atoms. The maximum Gasteiger partial charge on any atom is 0.0541 e. The second-order valence-corrected chi connectivity index (χ2v) is 12.2. The molecule has 50 heavy (non-hydrogen) atoms. The Morgan fingerprint density at radius 1 is 0.440 bits per heavy atom. The lowest BCUT2D eigenvalue weighted by atomic mass is 9.98. The summed E-state index contributed by atoms with van der Waals surface area (Å²) in [5.41, 5.74) is 13.3. The van der Waals surface area contributed by atoms with Gasteiger partial charge in [-0.15, -0.1) is 0 Å². The van der Waals surface area contributed by atoms with E-state index < -0.39 is 0 Å². The van der Waals surface area contributed by atoms with Gasteiger partial charge in [0, 0.05) is 44.7 Å². The number of hydrogen-bond acceptors (Lipinski definition) is 0. The predicted molar refractivity (Wildman–Crippen MR) is 224 cm³/mol. The maximum absolute atomic E-state index is 2.61. The van der Waals surface area contributed by atoms with Gasteiger partial charge in [-0.3, -0.25) is 0 Å². The molecule has 0 radical (unpaired) electrons. The minimum Gasteiger partial charge on any atom is -0.316 e. The SMILES string of the molecule is CC.CC.CC.CC.CC1CCC=Cc2c3c(n(-c4ccc(-c5ccc(-n6c7ccccc7c7ccccc76)cc5)cc4)c21)C(C)CCC=C3. The Bertz CT molecular complexity index is 1900. The van der Waals surface area contributed by atoms with Gasteiger partial charge in [0.15, 0.2) is 0 Å². The van der Waals surface area contributed by atoms with E-state index in [2.05, 4.69) is 144 Å². The molecule has 2 unspecified atom stereocenters. The highest BCUT2D eigenvalue weighted by Gasteiger charge is 2.28. The molecular formula is C48H60N2. The van der Waals surface area contributed by atoms with Crippen LogP contribution in [-0.4, -0.2) is 9.13 Å². The number of rotatable bonds is 3. The number of hydrogen-bond donors (Lipinski definition) is 0. The van der Waals surface area contributed by atoms with Crippen molar-refractivity contribution >= 4 is 34.0 Å². The summed E-state index contributed by atoms with van der Waals surface area (Å²) in [6, 6.07) is 35.7. The van der Waals surface area contributed by atoms with Crippen molar-refractivity contribution in [3.63, 3.8) is 0 Å². The summed E-state index contributed by atoms with van der Waals surface area (Å²) in [6.45, 7) is 20.8. The Labute approximate surface area is 303 Å². The molecule has 2 aromatic heterocycles. The standard InChI is InChI=1S/C40H36N2.4C2H6/c1-27-11-3-5-15-35-36-16-6-4-12-28(2)40(36)42(39(27)35)32-25-21-30(22-26-32)29-19-23-31(24-20-29)41-37-17-9-7-13-33(37)34-14-8-10-18-38(34)41;4*1-2/h5-10,13-28H,3-4,11-12H2,1-2H3;4*1-2H3. The van der Waals surface area contributed by atoms with Gasteiger partial charge >= 0.3 is 0 Å². The van der Waals surface area contributed by atoms with E-state index in [0.717, 1.165) is 12.8 Å². The van der Waals surface area contributed by atoms with Crippen molar-refractivity contribution in [1.29, 1.82) is 0 Å². The lowest BCUT2D eigenvalue weighted by Crippen LogP contribution is -2.10. The summed E-state index contributed by atoms with van der Waals surface area (Å²) in [6.07, 6.45) is 14.2. The van der Waals surface area contributed by atoms with Gasteiger partial charge in [0.25, 0.3) is 0 Å². The van der Waals surface area contributed by atoms with Crippen LogP contribution < -0.4 is 0 Å². The smallest absolute Gasteiger partial charge is 0.0541 e. The van der Waals surface area contributed by atoms with Crippen molar-refractivity contribution in [2.75, 3.05) is 0 Å². The zero-order valence-corrected chi connectivity index (χ0v) is 32.4. The summed E-state index contributed by atoms with van der Waals surface area (Å²) in [7, 11) is 0. The van der Waals surface area contributed by atoms with Gasteiger partial charge in [0.1, 0.15) is 0 Å². The topological polar surface area (TPSA) is 9.86 Å². The monoisotopic (exact) mass is 664 g/mol. The van der Waals surface area contributed by atoms with Crippen LogP contribution in [0.5, 0.6) is 0 Å². The summed E-state index contributed by atoms with van der Waals surface area (Å²) < 4.78 is 4.99. The third kappa shape index (κ3) is 7.31. The summed E-state index contributed by atoms with van der Waals surface area (Å²) in [5, 5.41) is 2.59. The third-order valence-corrected chi connectivity index (χ3v) is 9.52. The highest BCUT2D eigenvalue weighted by Crippen LogP contribution is 2.43. The van der Waals surface area contributed by atoms with E-state index in [4.69, 9.17) is 0 Å². The molecule has 6 aromatic rings. The fraction of sp³-hybridized carbons (Fsp3) is 0.333. The van der Waals surface area contributed by atoms with E-state index in [1.54, 1.807) is 0 Å². The van der Waals surface area contributed by atoms with Crippen molar-refractivity contribution in [2.45, 2.75) is 107 Å². The second kappa shape index (κ2) is 18.4. The molecule has 2 aliphatic rings. The molecular weight excluding hydrogens is 605 g/mol. The lowest BCUT2D eigenvalue weighted by Gasteiger charge is -2.21. The van der Waals surface area contributed by atoms with E-state index in [1.165, 1.54) is 79.7 Å². The van der Waals surface area contributed by atoms with Gasteiger partial charge in [-0.05, 0) is 85.0 Å². The number of aromatic nitrogens is 2. The van der Waals surface area contributed by atoms with E-state index in [-0.39, 0.29) is 0 Å². The van der Waals surface area contributed by atoms with E-state index >= 15 is 0 Å². The first-order chi connectivity index (χ1) is 24.7. The molecule has 8 rings (SSSR count). The van der Waals surface area contributed by atoms with Gasteiger partial charge in [-0.2, -0.15) is 0 Å². The number of nitrogens with zero attached hydrogens (tertiary/aromatic N) is 2. The zero-order chi connectivity index (χ0) is 36.2. The summed E-state index contributed by atoms with van der Waals surface area (Å²) in [4.78, 5) is 0. The molecule has 4 aromatic carbocycles. The van der Waals surface area contributed by atoms with Crippen LogP contribution in [0.1, 0.15) is 129 Å². The van der Waals surface area contributed by atoms with Crippen molar-refractivity contribution < 1.29 is 0 Å². The van der Waals surface area contributed by atoms with Crippen LogP contribution in [0.15, 0.2) is 109 Å². The highest BCUT2D eigenvalue weighted by atomic mass is 15.0. The van der Waals surface area contributed by atoms with Crippen LogP contribution in [0, 0.1) is 0 Å². The van der Waals surface area contributed by atoms with Crippen LogP contribution in [0.25, 0.3) is 56.5 Å². The van der Waals surface area contributed by atoms with Crippen LogP contribution >= 0.6 is 0 Å². The number of allylic oxidation sites excluding steroid dienone is 2. The molecule has 0 N–H and O–H groups in total. The molecule has 2 aliphatic carbocycles. The quantitative estimate of drug-likeness (QED) is 0.178. The number of para-hydroxylation sites is 2. The number of benzene rings is 4. The van der Waals surface area contributed by atoms with Crippen molar-refractivity contribution in [3.8, 4) is 22.5 Å². The molecule has 0 aliphatic heterocycles. The van der Waals surface area contributed by atoms with Crippen molar-refractivity contribution in [3.05, 3.63) is 132 Å². The van der Waals surface area contributed by atoms with Gasteiger partial charge < -0.3 is 9.13 Å². The highest BCUT2D eigenvalue weighted by molar-refractivity contribution is 6.09. The fourth-order valence-corrected chi connectivity index (χ4v) is 7.42. The molecule has 2 heterocycles. The van der Waals surface area contributed by atoms with Crippen LogP contribution in [-0.2, 0) is 0 Å². The molecule has 2 heteroatoms. The second-order valence-electron chi connectivity index (χ2n) is 12.2. The Morgan fingerprint density at radius 3 is 1.20 bits per heavy atom. The van der Waals surface area contributed by atoms with Gasteiger partial charge in [-0.1, -0.05) is 154 Å².